The van der Waals surface area contributed by atoms with Crippen LogP contribution in [-0.2, 0) is 0 Å². The van der Waals surface area contributed by atoms with Crippen LogP contribution in [0, 0.1) is 6.92 Å². The topological polar surface area (TPSA) is 42.0 Å². The number of hydrogen-bond acceptors (Lipinski definition) is 3. The number of benzene rings is 1. The zero-order valence-electron chi connectivity index (χ0n) is 6.34. The van der Waals surface area contributed by atoms with Crippen LogP contribution in [0.15, 0.2) is 6.07 Å². The molecule has 3 heteroatoms. The smallest absolute Gasteiger partial charge is 0.212 e. The van der Waals surface area contributed by atoms with Crippen LogP contribution in [0.3, 0.4) is 0 Å². The van der Waals surface area contributed by atoms with Crippen molar-refractivity contribution in [2.24, 2.45) is 0 Å². The molecule has 0 amide bonds. The molecule has 3 nitrogen and oxygen atoms in total. The highest BCUT2D eigenvalue weighted by Gasteiger charge is 2.29. The third-order valence-electron chi connectivity index (χ3n) is 1.80. The summed E-state index contributed by atoms with van der Waals surface area (Å²) in [6.45, 7) is 1.79. The number of ether oxygens (including phenoxy) is 2. The van der Waals surface area contributed by atoms with E-state index in [4.69, 9.17) is 9.47 Å². The number of aromatic hydroxyl groups is 1. The third-order valence-corrected chi connectivity index (χ3v) is 1.80. The van der Waals surface area contributed by atoms with Crippen molar-refractivity contribution in [3.63, 3.8) is 0 Å². The second-order valence-electron chi connectivity index (χ2n) is 2.48. The normalized spacial score (nSPS) is 11.8. The van der Waals surface area contributed by atoms with Gasteiger partial charge in [0.25, 0.3) is 0 Å². The highest BCUT2D eigenvalue weighted by molar-refractivity contribution is 5.69. The predicted octanol–water partition coefficient (Wildman–Crippen LogP) is 1.81. The lowest BCUT2D eigenvalue weighted by Crippen LogP contribution is -1.83. The van der Waals surface area contributed by atoms with E-state index in [1.807, 2.05) is 0 Å². The number of hydrogen-bond donors (Lipinski definition) is 1. The first-order valence-corrected chi connectivity index (χ1v) is 3.32. The van der Waals surface area contributed by atoms with Gasteiger partial charge in [0, 0.05) is 11.6 Å². The van der Waals surface area contributed by atoms with Gasteiger partial charge in [-0.3, -0.25) is 0 Å². The lowest BCUT2D eigenvalue weighted by atomic mass is 10.2. The molecule has 0 aliphatic carbocycles. The van der Waals surface area contributed by atoms with Crippen molar-refractivity contribution in [1.29, 1.82) is 0 Å². The van der Waals surface area contributed by atoms with Gasteiger partial charge in [0.2, 0.25) is 5.75 Å². The number of rotatable bonds is 1. The molecule has 1 aliphatic rings. The monoisotopic (exact) mass is 152 g/mol. The molecule has 0 aromatic heterocycles. The SMILES string of the molecule is COc1c(C)c(O)cc2c1O2. The summed E-state index contributed by atoms with van der Waals surface area (Å²) in [6.07, 6.45) is 0. The maximum atomic E-state index is 9.29. The molecule has 58 valence electrons. The van der Waals surface area contributed by atoms with E-state index in [1.165, 1.54) is 0 Å². The van der Waals surface area contributed by atoms with E-state index in [0.717, 1.165) is 11.3 Å². The Morgan fingerprint density at radius 2 is 2.27 bits per heavy atom. The average molecular weight is 152 g/mol. The molecule has 0 spiro atoms. The van der Waals surface area contributed by atoms with E-state index in [9.17, 15) is 5.11 Å². The zero-order chi connectivity index (χ0) is 8.01. The lowest BCUT2D eigenvalue weighted by Gasteiger charge is -2.00. The van der Waals surface area contributed by atoms with Crippen molar-refractivity contribution in [2.45, 2.75) is 6.92 Å². The van der Waals surface area contributed by atoms with E-state index >= 15 is 0 Å². The van der Waals surface area contributed by atoms with Gasteiger partial charge in [-0.1, -0.05) is 0 Å². The number of fused-ring (bicyclic) bond motifs is 1. The van der Waals surface area contributed by atoms with Gasteiger partial charge in [-0.25, -0.2) is 0 Å². The quantitative estimate of drug-likeness (QED) is 0.633. The van der Waals surface area contributed by atoms with Gasteiger partial charge in [-0.15, -0.1) is 0 Å². The van der Waals surface area contributed by atoms with Crippen LogP contribution >= 0.6 is 0 Å². The van der Waals surface area contributed by atoms with Crippen LogP contribution in [0.25, 0.3) is 0 Å². The Labute approximate surface area is 64.2 Å². The summed E-state index contributed by atoms with van der Waals surface area (Å²) in [4.78, 5) is 0. The third kappa shape index (κ3) is 0.738. The van der Waals surface area contributed by atoms with E-state index in [2.05, 4.69) is 0 Å². The molecule has 1 N–H and O–H groups in total. The summed E-state index contributed by atoms with van der Waals surface area (Å²) in [7, 11) is 1.56. The van der Waals surface area contributed by atoms with Crippen LogP contribution < -0.4 is 9.47 Å². The molecule has 0 saturated heterocycles. The second kappa shape index (κ2) is 1.81. The van der Waals surface area contributed by atoms with E-state index in [-0.39, 0.29) is 5.75 Å². The van der Waals surface area contributed by atoms with Crippen LogP contribution in [0.2, 0.25) is 0 Å². The minimum atomic E-state index is 0.220. The highest BCUT2D eigenvalue weighted by Crippen LogP contribution is 2.56. The number of phenols is 1. The fourth-order valence-electron chi connectivity index (χ4n) is 1.10. The van der Waals surface area contributed by atoms with E-state index in [1.54, 1.807) is 20.1 Å². The Bertz CT molecular complexity index is 318. The summed E-state index contributed by atoms with van der Waals surface area (Å²) in [5, 5.41) is 9.29. The van der Waals surface area contributed by atoms with Gasteiger partial charge in [0.1, 0.15) is 5.75 Å². The van der Waals surface area contributed by atoms with Crippen LogP contribution in [0.4, 0.5) is 0 Å². The molecular weight excluding hydrogens is 144 g/mol. The summed E-state index contributed by atoms with van der Waals surface area (Å²) in [6, 6.07) is 1.59. The fraction of sp³-hybridized carbons (Fsp3) is 0.250. The van der Waals surface area contributed by atoms with Crippen molar-refractivity contribution < 1.29 is 14.6 Å². The van der Waals surface area contributed by atoms with Gasteiger partial charge >= 0.3 is 0 Å². The van der Waals surface area contributed by atoms with Gasteiger partial charge in [-0.05, 0) is 6.92 Å². The molecule has 0 fully saturated rings. The minimum absolute atomic E-state index is 0.220. The second-order valence-corrected chi connectivity index (χ2v) is 2.48. The molecule has 0 unspecified atom stereocenters. The van der Waals surface area contributed by atoms with E-state index < -0.39 is 0 Å². The molecule has 1 aliphatic heterocycles. The Balaban J connectivity index is 2.63. The van der Waals surface area contributed by atoms with Crippen molar-refractivity contribution in [3.8, 4) is 23.0 Å². The lowest BCUT2D eigenvalue weighted by molar-refractivity contribution is 0.399. The molecular formula is C8H8O3. The molecule has 11 heavy (non-hydrogen) atoms. The predicted molar refractivity (Wildman–Crippen MR) is 39.5 cm³/mol. The summed E-state index contributed by atoms with van der Waals surface area (Å²) < 4.78 is 10.1. The molecule has 0 bridgehead atoms. The first kappa shape index (κ1) is 6.34. The van der Waals surface area contributed by atoms with Crippen molar-refractivity contribution in [1.82, 2.24) is 0 Å². The van der Waals surface area contributed by atoms with Gasteiger partial charge in [0.05, 0.1) is 7.11 Å². The molecule has 0 saturated carbocycles. The summed E-state index contributed by atoms with van der Waals surface area (Å²) in [5.74, 6) is 2.32. The summed E-state index contributed by atoms with van der Waals surface area (Å²) in [5.41, 5.74) is 0.726. The number of methoxy groups -OCH3 is 1. The Morgan fingerprint density at radius 1 is 1.55 bits per heavy atom. The highest BCUT2D eigenvalue weighted by atomic mass is 16.6. The molecule has 0 radical (unpaired) electrons. The van der Waals surface area contributed by atoms with Crippen molar-refractivity contribution in [2.75, 3.05) is 7.11 Å². The molecule has 1 aromatic rings. The molecule has 1 heterocycles. The van der Waals surface area contributed by atoms with Gasteiger partial charge in [0.15, 0.2) is 11.5 Å². The molecule has 0 atom stereocenters. The standard InChI is InChI=1S/C8H8O3/c1-4-5(9)3-6-8(11-6)7(4)10-2/h3,9H,1-2H3. The van der Waals surface area contributed by atoms with Gasteiger partial charge in [-0.2, -0.15) is 0 Å². The van der Waals surface area contributed by atoms with E-state index in [0.29, 0.717) is 11.5 Å². The van der Waals surface area contributed by atoms with Crippen LogP contribution in [0.1, 0.15) is 5.56 Å². The van der Waals surface area contributed by atoms with Crippen molar-refractivity contribution in [3.05, 3.63) is 11.6 Å². The summed E-state index contributed by atoms with van der Waals surface area (Å²) >= 11 is 0. The Hall–Kier alpha value is -1.38. The largest absolute Gasteiger partial charge is 0.507 e. The first-order chi connectivity index (χ1) is 5.24. The maximum Gasteiger partial charge on any atom is 0.212 e. The maximum absolute atomic E-state index is 9.29. The van der Waals surface area contributed by atoms with Crippen molar-refractivity contribution >= 4 is 0 Å². The minimum Gasteiger partial charge on any atom is -0.507 e. The average Bonchev–Trinajstić information content (AvgIpc) is 2.69. The van der Waals surface area contributed by atoms with Crippen LogP contribution in [0.5, 0.6) is 23.0 Å². The van der Waals surface area contributed by atoms with Gasteiger partial charge < -0.3 is 14.6 Å². The first-order valence-electron chi connectivity index (χ1n) is 3.32. The Kier molecular flexibility index (Phi) is 1.04. The molecule has 2 rings (SSSR count). The number of phenolic OH excluding ortho intramolecular Hbond substituents is 1. The Morgan fingerprint density at radius 3 is 2.91 bits per heavy atom. The fourth-order valence-corrected chi connectivity index (χ4v) is 1.10. The molecule has 1 aromatic carbocycles. The zero-order valence-corrected chi connectivity index (χ0v) is 6.34. The van der Waals surface area contributed by atoms with Crippen LogP contribution in [-0.4, -0.2) is 12.2 Å².